The zero-order chi connectivity index (χ0) is 31.1. The summed E-state index contributed by atoms with van der Waals surface area (Å²) in [7, 11) is 3.86. The van der Waals surface area contributed by atoms with E-state index in [2.05, 4.69) is 16.0 Å². The molecule has 1 aliphatic heterocycles. The molecule has 3 atom stereocenters. The summed E-state index contributed by atoms with van der Waals surface area (Å²) in [6.45, 7) is 6.16. The van der Waals surface area contributed by atoms with Gasteiger partial charge in [0.15, 0.2) is 6.10 Å². The van der Waals surface area contributed by atoms with Gasteiger partial charge in [-0.05, 0) is 68.1 Å². The van der Waals surface area contributed by atoms with Crippen molar-refractivity contribution in [3.63, 3.8) is 0 Å². The second-order valence-electron chi connectivity index (χ2n) is 11.5. The van der Waals surface area contributed by atoms with Crippen molar-refractivity contribution >= 4 is 41.0 Å². The Morgan fingerprint density at radius 1 is 1.00 bits per heavy atom. The number of aryl methyl sites for hydroxylation is 1. The van der Waals surface area contributed by atoms with Gasteiger partial charge in [-0.1, -0.05) is 54.6 Å². The molecule has 0 saturated carbocycles. The number of carbonyl (C=O) groups is 3. The zero-order valence-electron chi connectivity index (χ0n) is 25.3. The fraction of sp³-hybridized carbons (Fsp3) is 0.364. The Bertz CT molecular complexity index is 1410. The highest BCUT2D eigenvalue weighted by Gasteiger charge is 2.49. The number of thioether (sulfide) groups is 1. The van der Waals surface area contributed by atoms with Crippen molar-refractivity contribution in [2.75, 3.05) is 30.2 Å². The minimum atomic E-state index is -1.58. The first-order valence-corrected chi connectivity index (χ1v) is 15.3. The van der Waals surface area contributed by atoms with Gasteiger partial charge in [-0.3, -0.25) is 9.59 Å². The molecule has 0 aliphatic carbocycles. The first-order valence-electron chi connectivity index (χ1n) is 14.3. The summed E-state index contributed by atoms with van der Waals surface area (Å²) >= 11 is 1.48. The van der Waals surface area contributed by atoms with Crippen molar-refractivity contribution in [2.24, 2.45) is 0 Å². The third-order valence-corrected chi connectivity index (χ3v) is 9.06. The average molecular weight is 604 g/mol. The molecule has 1 aliphatic rings. The van der Waals surface area contributed by atoms with Gasteiger partial charge in [0.05, 0.1) is 11.9 Å². The molecule has 4 rings (SSSR count). The third-order valence-electron chi connectivity index (χ3n) is 7.68. The van der Waals surface area contributed by atoms with Crippen LogP contribution in [-0.4, -0.2) is 70.8 Å². The van der Waals surface area contributed by atoms with Gasteiger partial charge in [0.25, 0.3) is 5.91 Å². The predicted octanol–water partition coefficient (Wildman–Crippen LogP) is 4.15. The molecule has 228 valence electrons. The summed E-state index contributed by atoms with van der Waals surface area (Å²) in [6, 6.07) is 22.2. The summed E-state index contributed by atoms with van der Waals surface area (Å²) in [5, 5.41) is 20.0. The lowest BCUT2D eigenvalue weighted by molar-refractivity contribution is -0.147. The summed E-state index contributed by atoms with van der Waals surface area (Å²) in [5.74, 6) is -0.649. The topological polar surface area (TPSA) is 114 Å². The molecule has 1 fully saturated rings. The summed E-state index contributed by atoms with van der Waals surface area (Å²) < 4.78 is -0.580. The molecule has 4 amide bonds. The Balaban J connectivity index is 1.50. The first-order chi connectivity index (χ1) is 20.5. The number of rotatable bonds is 10. The molecule has 1 saturated heterocycles. The number of hydrogen-bond acceptors (Lipinski definition) is 6. The lowest BCUT2D eigenvalue weighted by Crippen LogP contribution is -2.59. The van der Waals surface area contributed by atoms with E-state index in [9.17, 15) is 19.5 Å². The molecular formula is C33H41N5O4S. The Kier molecular flexibility index (Phi) is 10.4. The monoisotopic (exact) mass is 603 g/mol. The van der Waals surface area contributed by atoms with E-state index >= 15 is 0 Å². The van der Waals surface area contributed by atoms with Crippen LogP contribution in [-0.2, 0) is 22.6 Å². The smallest absolute Gasteiger partial charge is 0.319 e. The van der Waals surface area contributed by atoms with Gasteiger partial charge in [0, 0.05) is 36.8 Å². The maximum absolute atomic E-state index is 13.9. The van der Waals surface area contributed by atoms with Crippen LogP contribution < -0.4 is 20.9 Å². The molecule has 3 aromatic carbocycles. The van der Waals surface area contributed by atoms with E-state index in [1.807, 2.05) is 106 Å². The van der Waals surface area contributed by atoms with Crippen molar-refractivity contribution in [3.05, 3.63) is 95.6 Å². The van der Waals surface area contributed by atoms with Gasteiger partial charge >= 0.3 is 6.03 Å². The van der Waals surface area contributed by atoms with Crippen LogP contribution in [0.4, 0.5) is 16.2 Å². The van der Waals surface area contributed by atoms with E-state index in [0.29, 0.717) is 12.2 Å². The molecule has 0 bridgehead atoms. The zero-order valence-corrected chi connectivity index (χ0v) is 26.2. The quantitative estimate of drug-likeness (QED) is 0.277. The number of urea groups is 1. The fourth-order valence-electron chi connectivity index (χ4n) is 5.13. The van der Waals surface area contributed by atoms with Gasteiger partial charge in [0.2, 0.25) is 5.91 Å². The summed E-state index contributed by atoms with van der Waals surface area (Å²) in [5.41, 5.74) is 4.46. The van der Waals surface area contributed by atoms with Crippen molar-refractivity contribution in [2.45, 2.75) is 56.7 Å². The Labute approximate surface area is 258 Å². The summed E-state index contributed by atoms with van der Waals surface area (Å²) in [4.78, 5) is 43.8. The second kappa shape index (κ2) is 14.0. The number of benzene rings is 3. The highest BCUT2D eigenvalue weighted by molar-refractivity contribution is 8.00. The van der Waals surface area contributed by atoms with E-state index in [-0.39, 0.29) is 18.2 Å². The first kappa shape index (κ1) is 31.9. The van der Waals surface area contributed by atoms with Crippen LogP contribution in [0.2, 0.25) is 0 Å². The van der Waals surface area contributed by atoms with Crippen LogP contribution in [0, 0.1) is 6.92 Å². The number of nitrogens with one attached hydrogen (secondary N) is 3. The second-order valence-corrected chi connectivity index (χ2v) is 13.1. The average Bonchev–Trinajstić information content (AvgIpc) is 3.31. The molecule has 10 heteroatoms. The Morgan fingerprint density at radius 3 is 2.30 bits per heavy atom. The van der Waals surface area contributed by atoms with Gasteiger partial charge in [-0.15, -0.1) is 11.8 Å². The molecule has 1 heterocycles. The van der Waals surface area contributed by atoms with E-state index in [0.717, 1.165) is 22.4 Å². The van der Waals surface area contributed by atoms with Crippen molar-refractivity contribution in [1.82, 2.24) is 15.5 Å². The third kappa shape index (κ3) is 8.09. The molecule has 0 unspecified atom stereocenters. The molecule has 9 nitrogen and oxygen atoms in total. The standard InChI is InChI=1S/C33H41N5O4S/c1-22-11-9-10-14-24(22)20-34-30(40)29-33(2,3)43-21-38(29)31(41)28(39)27(19-23-12-7-6-8-13-23)36-32(42)35-25-15-17-26(18-16-25)37(4)5/h6-18,27-29,39H,19-21H2,1-5H3,(H,34,40)(H2,35,36,42)/t27-,28-,29+/m0/s1. The van der Waals surface area contributed by atoms with Crippen molar-refractivity contribution in [3.8, 4) is 0 Å². The highest BCUT2D eigenvalue weighted by Crippen LogP contribution is 2.40. The molecule has 43 heavy (non-hydrogen) atoms. The minimum absolute atomic E-state index is 0.218. The van der Waals surface area contributed by atoms with Crippen LogP contribution in [0.3, 0.4) is 0 Å². The lowest BCUT2D eigenvalue weighted by Gasteiger charge is -2.33. The lowest BCUT2D eigenvalue weighted by atomic mass is 9.97. The van der Waals surface area contributed by atoms with E-state index in [1.54, 1.807) is 12.1 Å². The molecule has 3 aromatic rings. The molecule has 0 radical (unpaired) electrons. The van der Waals surface area contributed by atoms with Crippen molar-refractivity contribution < 1.29 is 19.5 Å². The Hall–Kier alpha value is -4.02. The molecule has 0 aromatic heterocycles. The van der Waals surface area contributed by atoms with Gasteiger partial charge in [0.1, 0.15) is 6.04 Å². The minimum Gasteiger partial charge on any atom is -0.381 e. The predicted molar refractivity (Wildman–Crippen MR) is 173 cm³/mol. The highest BCUT2D eigenvalue weighted by atomic mass is 32.2. The number of nitrogens with zero attached hydrogens (tertiary/aromatic N) is 2. The van der Waals surface area contributed by atoms with Crippen molar-refractivity contribution in [1.29, 1.82) is 0 Å². The summed E-state index contributed by atoms with van der Waals surface area (Å²) in [6.07, 6.45) is -1.36. The largest absolute Gasteiger partial charge is 0.381 e. The van der Waals surface area contributed by atoms with Crippen LogP contribution in [0.15, 0.2) is 78.9 Å². The normalized spacial score (nSPS) is 17.1. The van der Waals surface area contributed by atoms with Crippen LogP contribution in [0.25, 0.3) is 0 Å². The molecular weight excluding hydrogens is 562 g/mol. The van der Waals surface area contributed by atoms with Gasteiger partial charge in [-0.2, -0.15) is 0 Å². The number of carbonyl (C=O) groups excluding carboxylic acids is 3. The fourth-order valence-corrected chi connectivity index (χ4v) is 6.27. The van der Waals surface area contributed by atoms with Crippen LogP contribution in [0.5, 0.6) is 0 Å². The van der Waals surface area contributed by atoms with Gasteiger partial charge in [-0.25, -0.2) is 4.79 Å². The number of hydrogen-bond donors (Lipinski definition) is 4. The SMILES string of the molecule is Cc1ccccc1CNC(=O)[C@H]1N(C(=O)[C@@H](O)[C@H](Cc2ccccc2)NC(=O)Nc2ccc(N(C)C)cc2)CSC1(C)C. The number of anilines is 2. The number of aliphatic hydroxyl groups is 1. The van der Waals surface area contributed by atoms with Crippen LogP contribution >= 0.6 is 11.8 Å². The van der Waals surface area contributed by atoms with E-state index in [4.69, 9.17) is 0 Å². The van der Waals surface area contributed by atoms with Crippen LogP contribution in [0.1, 0.15) is 30.5 Å². The van der Waals surface area contributed by atoms with E-state index in [1.165, 1.54) is 16.7 Å². The van der Waals surface area contributed by atoms with Gasteiger partial charge < -0.3 is 30.9 Å². The maximum atomic E-state index is 13.9. The number of amides is 4. The maximum Gasteiger partial charge on any atom is 0.319 e. The Morgan fingerprint density at radius 2 is 1.65 bits per heavy atom. The molecule has 4 N–H and O–H groups in total. The number of aliphatic hydroxyl groups excluding tert-OH is 1. The molecule has 0 spiro atoms. The van der Waals surface area contributed by atoms with E-state index < -0.39 is 34.9 Å².